The smallest absolute Gasteiger partial charge is 0.408 e. The molecule has 3 rings (SSSR count). The average Bonchev–Trinajstić information content (AvgIpc) is 2.91. The maximum Gasteiger partial charge on any atom is 0.530 e. The minimum Gasteiger partial charge on any atom is -0.408 e. The van der Waals surface area contributed by atoms with Crippen LogP contribution in [-0.2, 0) is 38.5 Å². The molecule has 3 nitrogen and oxygen atoms in total. The summed E-state index contributed by atoms with van der Waals surface area (Å²) in [5, 5.41) is 0. The summed E-state index contributed by atoms with van der Waals surface area (Å²) in [7, 11) is -1.79. The highest BCUT2D eigenvalue weighted by Gasteiger charge is 2.25. The zero-order valence-corrected chi connectivity index (χ0v) is 32.0. The predicted molar refractivity (Wildman–Crippen MR) is 199 cm³/mol. The van der Waals surface area contributed by atoms with Crippen molar-refractivity contribution >= 4 is 8.60 Å². The van der Waals surface area contributed by atoms with Gasteiger partial charge in [-0.25, -0.2) is 0 Å². The van der Waals surface area contributed by atoms with E-state index in [2.05, 4.69) is 138 Å². The van der Waals surface area contributed by atoms with Crippen molar-refractivity contribution in [3.05, 3.63) is 88.0 Å². The van der Waals surface area contributed by atoms with Gasteiger partial charge in [-0.3, -0.25) is 0 Å². The van der Waals surface area contributed by atoms with E-state index in [9.17, 15) is 0 Å². The van der Waals surface area contributed by atoms with E-state index in [0.29, 0.717) is 35.5 Å². The van der Waals surface area contributed by atoms with Crippen LogP contribution in [0.2, 0.25) is 0 Å². The summed E-state index contributed by atoms with van der Waals surface area (Å²) in [6.45, 7) is 27.2. The van der Waals surface area contributed by atoms with Crippen LogP contribution in [0, 0.1) is 35.5 Å². The van der Waals surface area contributed by atoms with Crippen LogP contribution in [0.15, 0.2) is 54.6 Å². The zero-order valence-electron chi connectivity index (χ0n) is 31.1. The van der Waals surface area contributed by atoms with Crippen molar-refractivity contribution in [2.45, 2.75) is 122 Å². The fraction of sp³-hybridized carbons (Fsp3) is 0.571. The van der Waals surface area contributed by atoms with Crippen LogP contribution in [-0.4, -0.2) is 0 Å². The van der Waals surface area contributed by atoms with Gasteiger partial charge in [0.15, 0.2) is 0 Å². The topological polar surface area (TPSA) is 27.7 Å². The lowest BCUT2D eigenvalue weighted by atomic mass is 9.96. The Kier molecular flexibility index (Phi) is 15.0. The van der Waals surface area contributed by atoms with Gasteiger partial charge in [-0.2, -0.15) is 0 Å². The van der Waals surface area contributed by atoms with Gasteiger partial charge in [-0.05, 0) is 126 Å². The molecule has 0 radical (unpaired) electrons. The van der Waals surface area contributed by atoms with Crippen LogP contribution >= 0.6 is 8.60 Å². The highest BCUT2D eigenvalue weighted by atomic mass is 31.2. The summed E-state index contributed by atoms with van der Waals surface area (Å²) < 4.78 is 20.5. The highest BCUT2D eigenvalue weighted by molar-refractivity contribution is 7.43. The molecule has 0 aromatic heterocycles. The number of rotatable bonds is 18. The third-order valence-electron chi connectivity index (χ3n) is 7.71. The van der Waals surface area contributed by atoms with Crippen LogP contribution in [0.3, 0.4) is 0 Å². The molecule has 0 aliphatic heterocycles. The summed E-state index contributed by atoms with van der Waals surface area (Å²) in [6.07, 6.45) is 5.97. The summed E-state index contributed by atoms with van der Waals surface area (Å²) in [4.78, 5) is 0. The van der Waals surface area contributed by atoms with Gasteiger partial charge in [0.1, 0.15) is 17.2 Å². The SMILES string of the molecule is CC(C)Cc1ccc(OP(Oc2ccc(CC(C)C)cc2CC(C)C)Oc2ccc(CC(C)C)cc2CC(C)C)c(CC(C)C)c1. The van der Waals surface area contributed by atoms with Gasteiger partial charge in [0.05, 0.1) is 0 Å². The first-order valence-electron chi connectivity index (χ1n) is 17.9. The Morgan fingerprint density at radius 1 is 0.370 bits per heavy atom. The first-order chi connectivity index (χ1) is 21.7. The first kappa shape index (κ1) is 37.9. The van der Waals surface area contributed by atoms with E-state index in [-0.39, 0.29) is 0 Å². The van der Waals surface area contributed by atoms with Crippen LogP contribution in [0.4, 0.5) is 0 Å². The molecule has 3 aromatic rings. The first-order valence-corrected chi connectivity index (χ1v) is 19.0. The predicted octanol–water partition coefficient (Wildman–Crippen LogP) is 12.6. The van der Waals surface area contributed by atoms with Gasteiger partial charge in [-0.15, -0.1) is 0 Å². The molecule has 254 valence electrons. The monoisotopic (exact) mass is 646 g/mol. The molecule has 0 amide bonds. The molecule has 0 atom stereocenters. The van der Waals surface area contributed by atoms with Gasteiger partial charge in [0.25, 0.3) is 0 Å². The molecule has 0 fully saturated rings. The number of benzene rings is 3. The second-order valence-corrected chi connectivity index (χ2v) is 16.9. The Hall–Kier alpha value is -2.51. The molecule has 4 heteroatoms. The molecule has 0 saturated heterocycles. The van der Waals surface area contributed by atoms with Gasteiger partial charge in [-0.1, -0.05) is 119 Å². The lowest BCUT2D eigenvalue weighted by Gasteiger charge is -2.24. The van der Waals surface area contributed by atoms with Crippen molar-refractivity contribution in [1.29, 1.82) is 0 Å². The van der Waals surface area contributed by atoms with Crippen molar-refractivity contribution in [2.75, 3.05) is 0 Å². The second kappa shape index (κ2) is 18.1. The van der Waals surface area contributed by atoms with Crippen molar-refractivity contribution in [3.63, 3.8) is 0 Å². The Morgan fingerprint density at radius 2 is 0.609 bits per heavy atom. The second-order valence-electron chi connectivity index (χ2n) is 15.9. The van der Waals surface area contributed by atoms with Crippen molar-refractivity contribution in [2.24, 2.45) is 35.5 Å². The summed E-state index contributed by atoms with van der Waals surface area (Å²) >= 11 is 0. The van der Waals surface area contributed by atoms with Crippen molar-refractivity contribution in [1.82, 2.24) is 0 Å². The van der Waals surface area contributed by atoms with Crippen LogP contribution in [0.25, 0.3) is 0 Å². The maximum atomic E-state index is 6.84. The van der Waals surface area contributed by atoms with Crippen LogP contribution in [0.5, 0.6) is 17.2 Å². The average molecular weight is 647 g/mol. The molecule has 0 unspecified atom stereocenters. The van der Waals surface area contributed by atoms with Crippen molar-refractivity contribution in [3.8, 4) is 17.2 Å². The van der Waals surface area contributed by atoms with Crippen LogP contribution in [0.1, 0.15) is 116 Å². The molecule has 0 spiro atoms. The standard InChI is InChI=1S/C42H63O3P/c1-28(2)19-34-13-16-40(37(25-34)22-31(7)8)43-46(44-41-17-14-35(20-29(3)4)26-38(41)23-32(9)10)45-42-18-15-36(21-30(5)6)27-39(42)24-33(11)12/h13-18,25-33H,19-24H2,1-12H3. The molecule has 0 aliphatic rings. The molecule has 0 N–H and O–H groups in total. The molecule has 0 aliphatic carbocycles. The fourth-order valence-electron chi connectivity index (χ4n) is 6.06. The molecular weight excluding hydrogens is 583 g/mol. The van der Waals surface area contributed by atoms with Gasteiger partial charge >= 0.3 is 8.60 Å². The number of hydrogen-bond acceptors (Lipinski definition) is 3. The minimum atomic E-state index is -1.79. The molecule has 0 heterocycles. The van der Waals surface area contributed by atoms with E-state index < -0.39 is 8.60 Å². The van der Waals surface area contributed by atoms with Crippen LogP contribution < -0.4 is 13.6 Å². The van der Waals surface area contributed by atoms with E-state index in [1.807, 2.05) is 0 Å². The van der Waals surface area contributed by atoms with E-state index in [1.54, 1.807) is 0 Å². The van der Waals surface area contributed by atoms with E-state index in [4.69, 9.17) is 13.6 Å². The molecule has 0 saturated carbocycles. The van der Waals surface area contributed by atoms with Gasteiger partial charge < -0.3 is 13.6 Å². The lowest BCUT2D eigenvalue weighted by Crippen LogP contribution is -2.09. The number of hydrogen-bond donors (Lipinski definition) is 0. The Bertz CT molecular complexity index is 1190. The molecule has 3 aromatic carbocycles. The quantitative estimate of drug-likeness (QED) is 0.129. The molecular formula is C42H63O3P. The van der Waals surface area contributed by atoms with Gasteiger partial charge in [0, 0.05) is 0 Å². The normalized spacial score (nSPS) is 12.1. The Balaban J connectivity index is 2.09. The highest BCUT2D eigenvalue weighted by Crippen LogP contribution is 2.46. The fourth-order valence-corrected chi connectivity index (χ4v) is 7.18. The Morgan fingerprint density at radius 3 is 0.826 bits per heavy atom. The largest absolute Gasteiger partial charge is 0.530 e. The minimum absolute atomic E-state index is 0.502. The van der Waals surface area contributed by atoms with Crippen molar-refractivity contribution < 1.29 is 13.6 Å². The zero-order chi connectivity index (χ0) is 34.0. The Labute approximate surface area is 283 Å². The third-order valence-corrected chi connectivity index (χ3v) is 8.75. The molecule has 46 heavy (non-hydrogen) atoms. The van der Waals surface area contributed by atoms with Gasteiger partial charge in [0.2, 0.25) is 0 Å². The summed E-state index contributed by atoms with van der Waals surface area (Å²) in [5.41, 5.74) is 7.71. The third kappa shape index (κ3) is 12.9. The van der Waals surface area contributed by atoms with E-state index >= 15 is 0 Å². The lowest BCUT2D eigenvalue weighted by molar-refractivity contribution is 0.380. The van der Waals surface area contributed by atoms with E-state index in [1.165, 1.54) is 33.4 Å². The summed E-state index contributed by atoms with van der Waals surface area (Å²) in [5.74, 6) is 5.87. The molecule has 0 bridgehead atoms. The maximum absolute atomic E-state index is 6.84. The van der Waals surface area contributed by atoms with E-state index in [0.717, 1.165) is 55.8 Å². The summed E-state index contributed by atoms with van der Waals surface area (Å²) in [6, 6.07) is 20.0.